The Morgan fingerprint density at radius 3 is 2.33 bits per heavy atom. The standard InChI is InChI=1S/C31H40F3N7O4/c1-8-41(30(44)38(3)4)15-14-39(5)19-22-16-21(18-35)12-13-25(22)27(40(6)29(36)43)26(28(42)45-7)20(2)37-24-11-9-10-23(17-24)31(32,33)34/h9-13,16-17,27,37H,8,14-15,19H2,1-7H3,(H2,36,43)/p+1/b26-20+/t27-/m1/s1. The van der Waals surface area contributed by atoms with Crippen LogP contribution in [0.5, 0.6) is 0 Å². The number of ether oxygens (including phenoxy) is 1. The molecule has 0 spiro atoms. The number of nitriles is 1. The van der Waals surface area contributed by atoms with Gasteiger partial charge in [-0.1, -0.05) is 12.1 Å². The summed E-state index contributed by atoms with van der Waals surface area (Å²) in [5, 5.41) is 12.5. The molecule has 0 heterocycles. The van der Waals surface area contributed by atoms with Gasteiger partial charge in [-0.3, -0.25) is 0 Å². The third-order valence-electron chi connectivity index (χ3n) is 7.24. The number of allylic oxidation sites excluding steroid dienone is 1. The minimum absolute atomic E-state index is 0.0567. The first-order valence-electron chi connectivity index (χ1n) is 14.1. The number of benzene rings is 2. The maximum Gasteiger partial charge on any atom is 0.416 e. The van der Waals surface area contributed by atoms with E-state index >= 15 is 0 Å². The van der Waals surface area contributed by atoms with Gasteiger partial charge in [-0.15, -0.1) is 0 Å². The normalized spacial score (nSPS) is 13.1. The summed E-state index contributed by atoms with van der Waals surface area (Å²) in [5.74, 6) is -0.845. The maximum absolute atomic E-state index is 13.4. The van der Waals surface area contributed by atoms with E-state index in [2.05, 4.69) is 11.4 Å². The fourth-order valence-corrected chi connectivity index (χ4v) is 4.83. The van der Waals surface area contributed by atoms with Crippen LogP contribution in [0.3, 0.4) is 0 Å². The third kappa shape index (κ3) is 9.61. The van der Waals surface area contributed by atoms with E-state index in [-0.39, 0.29) is 23.0 Å². The molecular formula is C31H41F3N7O4+. The molecular weight excluding hydrogens is 591 g/mol. The van der Waals surface area contributed by atoms with Crippen LogP contribution in [0.1, 0.15) is 42.1 Å². The summed E-state index contributed by atoms with van der Waals surface area (Å²) < 4.78 is 45.2. The molecule has 2 rings (SSSR count). The summed E-state index contributed by atoms with van der Waals surface area (Å²) in [6.45, 7) is 5.19. The molecule has 2 atom stereocenters. The number of hydrogen-bond donors (Lipinski definition) is 3. The van der Waals surface area contributed by atoms with Crippen molar-refractivity contribution >= 4 is 23.7 Å². The molecule has 0 saturated carbocycles. The van der Waals surface area contributed by atoms with Gasteiger partial charge in [-0.2, -0.15) is 18.4 Å². The number of hydrogen-bond acceptors (Lipinski definition) is 6. The van der Waals surface area contributed by atoms with Crippen LogP contribution in [0.15, 0.2) is 53.7 Å². The number of urea groups is 2. The van der Waals surface area contributed by atoms with Gasteiger partial charge in [0, 0.05) is 44.6 Å². The number of nitrogens with one attached hydrogen (secondary N) is 2. The number of methoxy groups -OCH3 is 1. The quantitative estimate of drug-likeness (QED) is 0.243. The Morgan fingerprint density at radius 2 is 1.80 bits per heavy atom. The Balaban J connectivity index is 2.66. The molecule has 0 fully saturated rings. The molecule has 4 N–H and O–H groups in total. The maximum atomic E-state index is 13.4. The van der Waals surface area contributed by atoms with Crippen LogP contribution in [0.25, 0.3) is 0 Å². The number of amides is 4. The molecule has 0 saturated heterocycles. The highest BCUT2D eigenvalue weighted by atomic mass is 19.4. The van der Waals surface area contributed by atoms with Crippen molar-refractivity contribution in [3.63, 3.8) is 0 Å². The second-order valence-electron chi connectivity index (χ2n) is 10.8. The molecule has 0 aliphatic rings. The predicted molar refractivity (Wildman–Crippen MR) is 163 cm³/mol. The number of quaternary nitrogens is 1. The molecule has 45 heavy (non-hydrogen) atoms. The zero-order valence-electron chi connectivity index (χ0n) is 26.6. The number of primary amides is 1. The van der Waals surface area contributed by atoms with Crippen LogP contribution < -0.4 is 16.0 Å². The summed E-state index contributed by atoms with van der Waals surface area (Å²) >= 11 is 0. The number of nitrogens with two attached hydrogens (primary N) is 1. The van der Waals surface area contributed by atoms with Crippen molar-refractivity contribution in [1.82, 2.24) is 14.7 Å². The number of alkyl halides is 3. The molecule has 1 unspecified atom stereocenters. The highest BCUT2D eigenvalue weighted by Gasteiger charge is 2.34. The monoisotopic (exact) mass is 632 g/mol. The van der Waals surface area contributed by atoms with Gasteiger partial charge in [-0.25, -0.2) is 14.4 Å². The molecule has 4 amide bonds. The van der Waals surface area contributed by atoms with E-state index in [0.717, 1.165) is 29.0 Å². The minimum atomic E-state index is -4.59. The third-order valence-corrected chi connectivity index (χ3v) is 7.24. The number of carbonyl (C=O) groups is 3. The Kier molecular flexibility index (Phi) is 12.8. The topological polar surface area (TPSA) is 136 Å². The van der Waals surface area contributed by atoms with Gasteiger partial charge in [0.2, 0.25) is 0 Å². The summed E-state index contributed by atoms with van der Waals surface area (Å²) in [6, 6.07) is 9.20. The first-order valence-corrected chi connectivity index (χ1v) is 14.1. The first-order chi connectivity index (χ1) is 21.0. The molecule has 244 valence electrons. The smallest absolute Gasteiger partial charge is 0.416 e. The van der Waals surface area contributed by atoms with Gasteiger partial charge in [0.25, 0.3) is 0 Å². The largest absolute Gasteiger partial charge is 0.466 e. The lowest BCUT2D eigenvalue weighted by Gasteiger charge is -2.32. The lowest BCUT2D eigenvalue weighted by molar-refractivity contribution is -0.893. The minimum Gasteiger partial charge on any atom is -0.466 e. The number of esters is 1. The van der Waals surface area contributed by atoms with E-state index in [1.165, 1.54) is 37.1 Å². The van der Waals surface area contributed by atoms with Crippen LogP contribution in [0.4, 0.5) is 28.4 Å². The fourth-order valence-electron chi connectivity index (χ4n) is 4.83. The van der Waals surface area contributed by atoms with Crippen LogP contribution in [-0.2, 0) is 22.3 Å². The zero-order valence-corrected chi connectivity index (χ0v) is 26.6. The van der Waals surface area contributed by atoms with E-state index < -0.39 is 29.8 Å². The predicted octanol–water partition coefficient (Wildman–Crippen LogP) is 3.21. The van der Waals surface area contributed by atoms with E-state index in [0.29, 0.717) is 42.9 Å². The van der Waals surface area contributed by atoms with E-state index in [1.807, 2.05) is 14.0 Å². The van der Waals surface area contributed by atoms with Gasteiger partial charge in [0.15, 0.2) is 0 Å². The number of likely N-dealkylation sites (N-methyl/N-ethyl adjacent to an activating group) is 3. The van der Waals surface area contributed by atoms with Gasteiger partial charge >= 0.3 is 24.2 Å². The molecule has 0 bridgehead atoms. The van der Waals surface area contributed by atoms with Gasteiger partial charge in [0.05, 0.1) is 56.1 Å². The Labute approximate surface area is 261 Å². The fraction of sp³-hybridized carbons (Fsp3) is 0.419. The van der Waals surface area contributed by atoms with Crippen molar-refractivity contribution in [2.45, 2.75) is 32.6 Å². The summed E-state index contributed by atoms with van der Waals surface area (Å²) in [5.41, 5.74) is 6.31. The van der Waals surface area contributed by atoms with Gasteiger partial charge < -0.3 is 35.4 Å². The molecule has 0 aromatic heterocycles. The highest BCUT2D eigenvalue weighted by Crippen LogP contribution is 2.35. The number of rotatable bonds is 12. The summed E-state index contributed by atoms with van der Waals surface area (Å²) in [7, 11) is 7.78. The van der Waals surface area contributed by atoms with Crippen molar-refractivity contribution in [1.29, 1.82) is 5.26 Å². The lowest BCUT2D eigenvalue weighted by Crippen LogP contribution is -3.08. The highest BCUT2D eigenvalue weighted by molar-refractivity contribution is 5.92. The average molecular weight is 633 g/mol. The van der Waals surface area contributed by atoms with E-state index in [1.54, 1.807) is 31.1 Å². The molecule has 14 heteroatoms. The summed E-state index contributed by atoms with van der Waals surface area (Å²) in [4.78, 5) is 43.7. The molecule has 2 aromatic carbocycles. The van der Waals surface area contributed by atoms with Gasteiger partial charge in [0.1, 0.15) is 6.54 Å². The number of anilines is 1. The second-order valence-corrected chi connectivity index (χ2v) is 10.8. The Bertz CT molecular complexity index is 1450. The van der Waals surface area contributed by atoms with Crippen LogP contribution in [0.2, 0.25) is 0 Å². The van der Waals surface area contributed by atoms with Crippen molar-refractivity contribution < 1.29 is 37.2 Å². The molecule has 0 aliphatic carbocycles. The molecule has 0 aliphatic heterocycles. The molecule has 11 nitrogen and oxygen atoms in total. The average Bonchev–Trinajstić information content (AvgIpc) is 2.98. The second kappa shape index (κ2) is 15.8. The lowest BCUT2D eigenvalue weighted by atomic mass is 9.90. The van der Waals surface area contributed by atoms with Crippen LogP contribution in [-0.4, -0.2) is 87.7 Å². The van der Waals surface area contributed by atoms with Crippen molar-refractivity contribution in [2.75, 3.05) is 60.3 Å². The van der Waals surface area contributed by atoms with E-state index in [4.69, 9.17) is 10.5 Å². The van der Waals surface area contributed by atoms with Crippen molar-refractivity contribution in [3.8, 4) is 6.07 Å². The summed E-state index contributed by atoms with van der Waals surface area (Å²) in [6.07, 6.45) is -4.59. The Hall–Kier alpha value is -4.77. The van der Waals surface area contributed by atoms with Crippen LogP contribution in [0, 0.1) is 11.3 Å². The zero-order chi connectivity index (χ0) is 34.1. The number of carbonyl (C=O) groups excluding carboxylic acids is 3. The Morgan fingerprint density at radius 1 is 1.13 bits per heavy atom. The molecule has 0 radical (unpaired) electrons. The van der Waals surface area contributed by atoms with Crippen LogP contribution >= 0.6 is 0 Å². The molecule has 2 aromatic rings. The number of halogens is 3. The van der Waals surface area contributed by atoms with Crippen molar-refractivity contribution in [3.05, 3.63) is 76.0 Å². The van der Waals surface area contributed by atoms with Crippen molar-refractivity contribution in [2.24, 2.45) is 5.73 Å². The first kappa shape index (κ1) is 36.4. The van der Waals surface area contributed by atoms with Gasteiger partial charge in [-0.05, 0) is 49.7 Å². The SMILES string of the molecule is CCN(CC[NH+](C)Cc1cc(C#N)ccc1[C@H](/C(C(=O)OC)=C(/C)Nc1cccc(C(F)(F)F)c1)N(C)C(N)=O)C(=O)N(C)C. The number of nitrogens with zero attached hydrogens (tertiary/aromatic N) is 4. The van der Waals surface area contributed by atoms with E-state index in [9.17, 15) is 32.8 Å².